The summed E-state index contributed by atoms with van der Waals surface area (Å²) in [5.74, 6) is 1.02. The highest BCUT2D eigenvalue weighted by molar-refractivity contribution is 5.62. The third-order valence-corrected chi connectivity index (χ3v) is 2.65. The zero-order valence-corrected chi connectivity index (χ0v) is 8.31. The van der Waals surface area contributed by atoms with Gasteiger partial charge in [-0.05, 0) is 35.9 Å². The molecule has 1 aromatic carbocycles. The first kappa shape index (κ1) is 8.48. The van der Waals surface area contributed by atoms with Crippen LogP contribution in [0.2, 0.25) is 0 Å². The van der Waals surface area contributed by atoms with Crippen molar-refractivity contribution in [2.45, 2.75) is 6.42 Å². The Bertz CT molecular complexity index is 479. The van der Waals surface area contributed by atoms with Crippen LogP contribution in [-0.2, 0) is 6.42 Å². The van der Waals surface area contributed by atoms with Gasteiger partial charge in [0.25, 0.3) is 0 Å². The summed E-state index contributed by atoms with van der Waals surface area (Å²) in [6.07, 6.45) is 2.83. The van der Waals surface area contributed by atoms with Crippen molar-refractivity contribution in [1.82, 2.24) is 4.98 Å². The van der Waals surface area contributed by atoms with Crippen LogP contribution < -0.4 is 4.74 Å². The number of hydrogen-bond donors (Lipinski definition) is 0. The van der Waals surface area contributed by atoms with Gasteiger partial charge in [0, 0.05) is 18.2 Å². The molecule has 3 rings (SSSR count). The highest BCUT2D eigenvalue weighted by Gasteiger charge is 2.12. The topological polar surface area (TPSA) is 22.1 Å². The van der Waals surface area contributed by atoms with E-state index in [-0.39, 0.29) is 0 Å². The van der Waals surface area contributed by atoms with Crippen molar-refractivity contribution in [3.8, 4) is 17.0 Å². The fraction of sp³-hybridized carbons (Fsp3) is 0.154. The van der Waals surface area contributed by atoms with E-state index in [0.29, 0.717) is 0 Å². The smallest absolute Gasteiger partial charge is 0.122 e. The number of hydrogen-bond acceptors (Lipinski definition) is 2. The minimum Gasteiger partial charge on any atom is -0.493 e. The molecule has 0 amide bonds. The zero-order chi connectivity index (χ0) is 10.1. The van der Waals surface area contributed by atoms with Crippen molar-refractivity contribution in [3.63, 3.8) is 0 Å². The number of aromatic nitrogens is 1. The summed E-state index contributed by atoms with van der Waals surface area (Å²) in [4.78, 5) is 4.33. The molecule has 0 saturated carbocycles. The van der Waals surface area contributed by atoms with Crippen molar-refractivity contribution in [1.29, 1.82) is 0 Å². The Kier molecular flexibility index (Phi) is 1.91. The fourth-order valence-electron chi connectivity index (χ4n) is 1.88. The Labute approximate surface area is 88.5 Å². The number of ether oxygens (including phenoxy) is 1. The third kappa shape index (κ3) is 1.48. The molecular weight excluding hydrogens is 186 g/mol. The maximum atomic E-state index is 5.47. The van der Waals surface area contributed by atoms with E-state index in [1.54, 1.807) is 0 Å². The van der Waals surface area contributed by atoms with E-state index in [1.165, 1.54) is 11.1 Å². The molecule has 2 aromatic rings. The summed E-state index contributed by atoms with van der Waals surface area (Å²) in [5, 5.41) is 0. The highest BCUT2D eigenvalue weighted by Crippen LogP contribution is 2.29. The Morgan fingerprint density at radius 1 is 1.13 bits per heavy atom. The first-order valence-corrected chi connectivity index (χ1v) is 5.10. The summed E-state index contributed by atoms with van der Waals surface area (Å²) < 4.78 is 5.47. The molecule has 0 N–H and O–H groups in total. The second-order valence-corrected chi connectivity index (χ2v) is 3.64. The van der Waals surface area contributed by atoms with Crippen molar-refractivity contribution in [3.05, 3.63) is 48.2 Å². The van der Waals surface area contributed by atoms with Gasteiger partial charge >= 0.3 is 0 Å². The summed E-state index contributed by atoms with van der Waals surface area (Å²) in [6, 6.07) is 12.2. The number of rotatable bonds is 1. The van der Waals surface area contributed by atoms with Crippen molar-refractivity contribution in [2.24, 2.45) is 0 Å². The van der Waals surface area contributed by atoms with Crippen LogP contribution in [0.3, 0.4) is 0 Å². The van der Waals surface area contributed by atoms with Gasteiger partial charge < -0.3 is 4.74 Å². The monoisotopic (exact) mass is 197 g/mol. The number of pyridine rings is 1. The Hall–Kier alpha value is -1.83. The van der Waals surface area contributed by atoms with Crippen molar-refractivity contribution >= 4 is 0 Å². The normalized spacial score (nSPS) is 13.3. The van der Waals surface area contributed by atoms with E-state index in [2.05, 4.69) is 17.1 Å². The molecule has 0 spiro atoms. The lowest BCUT2D eigenvalue weighted by molar-refractivity contribution is 0.357. The van der Waals surface area contributed by atoms with Gasteiger partial charge in [-0.2, -0.15) is 0 Å². The molecule has 1 aliphatic rings. The van der Waals surface area contributed by atoms with Gasteiger partial charge in [-0.3, -0.25) is 4.98 Å². The van der Waals surface area contributed by atoms with Crippen LogP contribution in [0.25, 0.3) is 11.3 Å². The van der Waals surface area contributed by atoms with Gasteiger partial charge in [-0.1, -0.05) is 6.07 Å². The maximum absolute atomic E-state index is 5.47. The van der Waals surface area contributed by atoms with Crippen LogP contribution in [0.5, 0.6) is 5.75 Å². The summed E-state index contributed by atoms with van der Waals surface area (Å²) in [6.45, 7) is 0.807. The summed E-state index contributed by atoms with van der Waals surface area (Å²) >= 11 is 0. The molecule has 1 aromatic heterocycles. The second-order valence-electron chi connectivity index (χ2n) is 3.64. The van der Waals surface area contributed by atoms with Crippen LogP contribution in [0.4, 0.5) is 0 Å². The summed E-state index contributed by atoms with van der Waals surface area (Å²) in [5.41, 5.74) is 3.48. The van der Waals surface area contributed by atoms with Crippen molar-refractivity contribution in [2.75, 3.05) is 6.61 Å². The van der Waals surface area contributed by atoms with E-state index in [4.69, 9.17) is 4.74 Å². The predicted molar refractivity (Wildman–Crippen MR) is 58.9 cm³/mol. The SMILES string of the molecule is c1ccc(-c2ccc3c(c2)CCO3)nc1. The lowest BCUT2D eigenvalue weighted by Gasteiger charge is -2.02. The Morgan fingerprint density at radius 3 is 3.00 bits per heavy atom. The molecule has 0 fully saturated rings. The molecule has 2 heterocycles. The van der Waals surface area contributed by atoms with E-state index >= 15 is 0 Å². The van der Waals surface area contributed by atoms with E-state index in [1.807, 2.05) is 30.5 Å². The minimum atomic E-state index is 0.807. The molecule has 74 valence electrons. The molecule has 0 radical (unpaired) electrons. The zero-order valence-electron chi connectivity index (χ0n) is 8.31. The molecule has 1 aliphatic heterocycles. The Balaban J connectivity index is 2.07. The van der Waals surface area contributed by atoms with Crippen LogP contribution >= 0.6 is 0 Å². The largest absolute Gasteiger partial charge is 0.493 e. The number of nitrogens with zero attached hydrogens (tertiary/aromatic N) is 1. The average molecular weight is 197 g/mol. The standard InChI is InChI=1S/C13H11NO/c1-2-7-14-12(3-1)10-4-5-13-11(9-10)6-8-15-13/h1-5,7,9H,6,8H2. The van der Waals surface area contributed by atoms with Crippen LogP contribution in [-0.4, -0.2) is 11.6 Å². The quantitative estimate of drug-likeness (QED) is 0.701. The third-order valence-electron chi connectivity index (χ3n) is 2.65. The van der Waals surface area contributed by atoms with E-state index < -0.39 is 0 Å². The first-order chi connectivity index (χ1) is 7.43. The molecule has 0 atom stereocenters. The van der Waals surface area contributed by atoms with Crippen LogP contribution in [0, 0.1) is 0 Å². The number of fused-ring (bicyclic) bond motifs is 1. The molecular formula is C13H11NO. The van der Waals surface area contributed by atoms with E-state index in [9.17, 15) is 0 Å². The predicted octanol–water partition coefficient (Wildman–Crippen LogP) is 2.68. The lowest BCUT2D eigenvalue weighted by Crippen LogP contribution is -1.85. The molecule has 0 unspecified atom stereocenters. The average Bonchev–Trinajstić information content (AvgIpc) is 2.77. The van der Waals surface area contributed by atoms with Crippen molar-refractivity contribution < 1.29 is 4.74 Å². The van der Waals surface area contributed by atoms with Crippen LogP contribution in [0.1, 0.15) is 5.56 Å². The van der Waals surface area contributed by atoms with Gasteiger partial charge in [0.15, 0.2) is 0 Å². The Morgan fingerprint density at radius 2 is 2.13 bits per heavy atom. The lowest BCUT2D eigenvalue weighted by atomic mass is 10.1. The number of benzene rings is 1. The molecule has 0 saturated heterocycles. The van der Waals surface area contributed by atoms with E-state index in [0.717, 1.165) is 24.5 Å². The van der Waals surface area contributed by atoms with Gasteiger partial charge in [0.2, 0.25) is 0 Å². The first-order valence-electron chi connectivity index (χ1n) is 5.10. The summed E-state index contributed by atoms with van der Waals surface area (Å²) in [7, 11) is 0. The molecule has 0 bridgehead atoms. The second kappa shape index (κ2) is 3.39. The fourth-order valence-corrected chi connectivity index (χ4v) is 1.88. The van der Waals surface area contributed by atoms with Crippen LogP contribution in [0.15, 0.2) is 42.6 Å². The molecule has 0 aliphatic carbocycles. The molecule has 2 heteroatoms. The molecule has 2 nitrogen and oxygen atoms in total. The van der Waals surface area contributed by atoms with Gasteiger partial charge in [0.1, 0.15) is 5.75 Å². The minimum absolute atomic E-state index is 0.807. The van der Waals surface area contributed by atoms with Gasteiger partial charge in [0.05, 0.1) is 12.3 Å². The highest BCUT2D eigenvalue weighted by atomic mass is 16.5. The molecule has 15 heavy (non-hydrogen) atoms. The van der Waals surface area contributed by atoms with Gasteiger partial charge in [-0.25, -0.2) is 0 Å². The van der Waals surface area contributed by atoms with Gasteiger partial charge in [-0.15, -0.1) is 0 Å². The maximum Gasteiger partial charge on any atom is 0.122 e.